The molecular formula is C9H9NO3. The Morgan fingerprint density at radius 3 is 2.69 bits per heavy atom. The summed E-state index contributed by atoms with van der Waals surface area (Å²) in [6.07, 6.45) is 1.28. The number of carbonyl (C=O) groups excluding carboxylic acids is 2. The second-order valence-electron chi connectivity index (χ2n) is 2.63. The van der Waals surface area contributed by atoms with Crippen LogP contribution < -0.4 is 9.67 Å². The van der Waals surface area contributed by atoms with Crippen LogP contribution >= 0.6 is 0 Å². The summed E-state index contributed by atoms with van der Waals surface area (Å²) < 4.78 is 1.29. The van der Waals surface area contributed by atoms with Crippen molar-refractivity contribution in [3.63, 3.8) is 0 Å². The van der Waals surface area contributed by atoms with Gasteiger partial charge < -0.3 is 9.90 Å². The van der Waals surface area contributed by atoms with Crippen LogP contribution in [0.2, 0.25) is 0 Å². The Balaban J connectivity index is 3.04. The molecule has 0 amide bonds. The lowest BCUT2D eigenvalue weighted by Gasteiger charge is -2.00. The zero-order chi connectivity index (χ0) is 9.84. The average molecular weight is 179 g/mol. The number of hydrogen-bond acceptors (Lipinski definition) is 3. The molecule has 0 N–H and O–H groups in total. The van der Waals surface area contributed by atoms with Gasteiger partial charge in [-0.2, -0.15) is 0 Å². The van der Waals surface area contributed by atoms with Crippen LogP contribution in [-0.2, 0) is 11.2 Å². The van der Waals surface area contributed by atoms with Crippen molar-refractivity contribution in [2.75, 3.05) is 0 Å². The first-order chi connectivity index (χ1) is 6.11. The third-order valence-corrected chi connectivity index (χ3v) is 1.61. The van der Waals surface area contributed by atoms with Crippen LogP contribution in [0, 0.1) is 0 Å². The second-order valence-corrected chi connectivity index (χ2v) is 2.63. The van der Waals surface area contributed by atoms with E-state index in [9.17, 15) is 14.7 Å². The maximum atomic E-state index is 11.0. The minimum atomic E-state index is -1.19. The van der Waals surface area contributed by atoms with E-state index in [1.165, 1.54) is 17.7 Å². The Bertz CT molecular complexity index is 346. The van der Waals surface area contributed by atoms with Gasteiger partial charge in [-0.25, -0.2) is 4.79 Å². The fourth-order valence-corrected chi connectivity index (χ4v) is 1.08. The molecule has 0 atom stereocenters. The quantitative estimate of drug-likeness (QED) is 0.543. The zero-order valence-electron chi connectivity index (χ0n) is 7.19. The van der Waals surface area contributed by atoms with Gasteiger partial charge in [-0.05, 0) is 0 Å². The molecule has 1 aromatic rings. The molecule has 0 unspecified atom stereocenters. The molecule has 0 aliphatic heterocycles. The molecule has 0 saturated carbocycles. The molecule has 0 aromatic carbocycles. The van der Waals surface area contributed by atoms with Crippen LogP contribution in [0.25, 0.3) is 0 Å². The topological polar surface area (TPSA) is 61.1 Å². The van der Waals surface area contributed by atoms with Gasteiger partial charge in [-0.15, -0.1) is 4.57 Å². The first-order valence-electron chi connectivity index (χ1n) is 3.81. The number of aromatic nitrogens is 1. The number of nitrogens with zero attached hydrogens (tertiary/aromatic N) is 1. The van der Waals surface area contributed by atoms with Crippen LogP contribution in [0.5, 0.6) is 0 Å². The van der Waals surface area contributed by atoms with Gasteiger partial charge in [0.15, 0.2) is 11.9 Å². The molecule has 0 radical (unpaired) electrons. The van der Waals surface area contributed by atoms with Crippen LogP contribution in [0.3, 0.4) is 0 Å². The summed E-state index contributed by atoms with van der Waals surface area (Å²) in [5.74, 6) is -1.40. The largest absolute Gasteiger partial charge is 0.550 e. The Morgan fingerprint density at radius 1 is 1.46 bits per heavy atom. The summed E-state index contributed by atoms with van der Waals surface area (Å²) in [7, 11) is 0. The van der Waals surface area contributed by atoms with Gasteiger partial charge in [0.25, 0.3) is 0 Å². The highest BCUT2D eigenvalue weighted by Gasteiger charge is 2.13. The summed E-state index contributed by atoms with van der Waals surface area (Å²) in [5.41, 5.74) is 0.426. The van der Waals surface area contributed by atoms with Crippen LogP contribution in [0.15, 0.2) is 24.4 Å². The number of hydrogen-bond donors (Lipinski definition) is 0. The van der Waals surface area contributed by atoms with Crippen molar-refractivity contribution in [1.29, 1.82) is 0 Å². The molecule has 13 heavy (non-hydrogen) atoms. The standard InChI is InChI=1S/C9H9NO3/c1-7(11)10-5-3-2-4-8(10)6-9(12)13/h2-5H,6H2,1H3. The summed E-state index contributed by atoms with van der Waals surface area (Å²) in [6.45, 7) is 1.37. The van der Waals surface area contributed by atoms with E-state index in [0.29, 0.717) is 5.69 Å². The van der Waals surface area contributed by atoms with Gasteiger partial charge in [-0.1, -0.05) is 6.07 Å². The van der Waals surface area contributed by atoms with Crippen molar-refractivity contribution in [3.8, 4) is 0 Å². The molecule has 68 valence electrons. The SMILES string of the molecule is CC(=O)[n+]1ccccc1CC(=O)[O-]. The summed E-state index contributed by atoms with van der Waals surface area (Å²) in [4.78, 5) is 21.3. The van der Waals surface area contributed by atoms with E-state index in [1.54, 1.807) is 18.2 Å². The minimum Gasteiger partial charge on any atom is -0.550 e. The predicted octanol–water partition coefficient (Wildman–Crippen LogP) is -1.07. The average Bonchev–Trinajstić information content (AvgIpc) is 2.03. The molecule has 0 saturated heterocycles. The Kier molecular flexibility index (Phi) is 2.74. The lowest BCUT2D eigenvalue weighted by molar-refractivity contribution is -0.581. The van der Waals surface area contributed by atoms with Crippen molar-refractivity contribution >= 4 is 11.9 Å². The van der Waals surface area contributed by atoms with Gasteiger partial charge in [0.2, 0.25) is 0 Å². The van der Waals surface area contributed by atoms with E-state index >= 15 is 0 Å². The summed E-state index contributed by atoms with van der Waals surface area (Å²) in [5, 5.41) is 10.3. The maximum absolute atomic E-state index is 11.0. The van der Waals surface area contributed by atoms with Gasteiger partial charge in [-0.3, -0.25) is 0 Å². The van der Waals surface area contributed by atoms with E-state index in [4.69, 9.17) is 0 Å². The van der Waals surface area contributed by atoms with Gasteiger partial charge in [0, 0.05) is 12.1 Å². The predicted molar refractivity (Wildman–Crippen MR) is 41.6 cm³/mol. The highest BCUT2D eigenvalue weighted by Crippen LogP contribution is 1.91. The van der Waals surface area contributed by atoms with Gasteiger partial charge in [0.1, 0.15) is 0 Å². The molecule has 1 rings (SSSR count). The monoisotopic (exact) mass is 179 g/mol. The minimum absolute atomic E-state index is 0.211. The molecule has 4 nitrogen and oxygen atoms in total. The number of aliphatic carboxylic acids is 1. The van der Waals surface area contributed by atoms with Crippen LogP contribution in [0.1, 0.15) is 17.4 Å². The molecule has 0 aliphatic carbocycles. The molecule has 1 heterocycles. The Morgan fingerprint density at radius 2 is 2.15 bits per heavy atom. The molecular weight excluding hydrogens is 170 g/mol. The molecule has 4 heteroatoms. The smallest absolute Gasteiger partial charge is 0.389 e. The number of rotatable bonds is 2. The molecule has 0 bridgehead atoms. The first-order valence-corrected chi connectivity index (χ1v) is 3.81. The van der Waals surface area contributed by atoms with Crippen molar-refractivity contribution < 1.29 is 19.3 Å². The normalized spacial score (nSPS) is 9.62. The van der Waals surface area contributed by atoms with E-state index < -0.39 is 5.97 Å². The number of carbonyl (C=O) groups is 2. The highest BCUT2D eigenvalue weighted by atomic mass is 16.4. The van der Waals surface area contributed by atoms with Crippen molar-refractivity contribution in [3.05, 3.63) is 30.1 Å². The van der Waals surface area contributed by atoms with Crippen LogP contribution in [0.4, 0.5) is 0 Å². The second kappa shape index (κ2) is 3.80. The van der Waals surface area contributed by atoms with E-state index in [1.807, 2.05) is 0 Å². The molecule has 0 spiro atoms. The van der Waals surface area contributed by atoms with Crippen molar-refractivity contribution in [2.24, 2.45) is 0 Å². The van der Waals surface area contributed by atoms with E-state index in [0.717, 1.165) is 0 Å². The third kappa shape index (κ3) is 2.37. The molecule has 0 fully saturated rings. The van der Waals surface area contributed by atoms with Gasteiger partial charge in [0.05, 0.1) is 19.3 Å². The lowest BCUT2D eigenvalue weighted by Crippen LogP contribution is -2.45. The van der Waals surface area contributed by atoms with Crippen molar-refractivity contribution in [2.45, 2.75) is 13.3 Å². The fourth-order valence-electron chi connectivity index (χ4n) is 1.08. The fraction of sp³-hybridized carbons (Fsp3) is 0.222. The first kappa shape index (κ1) is 9.38. The zero-order valence-corrected chi connectivity index (χ0v) is 7.19. The van der Waals surface area contributed by atoms with E-state index in [-0.39, 0.29) is 12.3 Å². The summed E-state index contributed by atoms with van der Waals surface area (Å²) >= 11 is 0. The Labute approximate surface area is 75.4 Å². The number of carboxylic acid groups (broad SMARTS) is 1. The van der Waals surface area contributed by atoms with Crippen LogP contribution in [-0.4, -0.2) is 11.9 Å². The van der Waals surface area contributed by atoms with Gasteiger partial charge >= 0.3 is 5.91 Å². The maximum Gasteiger partial charge on any atom is 0.389 e. The Hall–Kier alpha value is -1.71. The summed E-state index contributed by atoms with van der Waals surface area (Å²) in [6, 6.07) is 4.93. The lowest BCUT2D eigenvalue weighted by atomic mass is 10.2. The third-order valence-electron chi connectivity index (χ3n) is 1.61. The highest BCUT2D eigenvalue weighted by molar-refractivity contribution is 5.68. The van der Waals surface area contributed by atoms with Crippen molar-refractivity contribution in [1.82, 2.24) is 0 Å². The number of carboxylic acids is 1. The molecule has 0 aliphatic rings. The molecule has 1 aromatic heterocycles. The van der Waals surface area contributed by atoms with E-state index in [2.05, 4.69) is 0 Å². The number of pyridine rings is 1.